The van der Waals surface area contributed by atoms with Crippen molar-refractivity contribution in [3.05, 3.63) is 65.7 Å². The van der Waals surface area contributed by atoms with Crippen LogP contribution in [-0.4, -0.2) is 15.5 Å². The van der Waals surface area contributed by atoms with E-state index in [1.54, 1.807) is 23.9 Å². The lowest BCUT2D eigenvalue weighted by Crippen LogP contribution is -2.13. The molecule has 0 radical (unpaired) electrons. The number of amides is 1. The monoisotopic (exact) mass is 348 g/mol. The Morgan fingerprint density at radius 3 is 2.76 bits per heavy atom. The molecule has 0 saturated carbocycles. The minimum absolute atomic E-state index is 0.201. The van der Waals surface area contributed by atoms with E-state index in [9.17, 15) is 10.1 Å². The molecule has 0 fully saturated rings. The Balaban J connectivity index is 1.71. The SMILES string of the molecule is Cc1oc(-n2cccc2)c(C#N)c1C(=O)Nc1nc2ccccc2s1. The van der Waals surface area contributed by atoms with Crippen molar-refractivity contribution in [3.63, 3.8) is 0 Å². The topological polar surface area (TPSA) is 83.8 Å². The maximum absolute atomic E-state index is 12.7. The smallest absolute Gasteiger partial charge is 0.262 e. The summed E-state index contributed by atoms with van der Waals surface area (Å²) in [5.74, 6) is 0.313. The average molecular weight is 348 g/mol. The Hall–Kier alpha value is -3.37. The third-order valence-electron chi connectivity index (χ3n) is 3.76. The van der Waals surface area contributed by atoms with Gasteiger partial charge in [0, 0.05) is 12.4 Å². The van der Waals surface area contributed by atoms with Crippen molar-refractivity contribution in [2.75, 3.05) is 5.32 Å². The first-order chi connectivity index (χ1) is 12.2. The molecule has 1 N–H and O–H groups in total. The summed E-state index contributed by atoms with van der Waals surface area (Å²) in [6.07, 6.45) is 3.52. The molecule has 4 aromatic rings. The van der Waals surface area contributed by atoms with Gasteiger partial charge in [-0.25, -0.2) is 4.98 Å². The van der Waals surface area contributed by atoms with Crippen LogP contribution < -0.4 is 5.32 Å². The second-order valence-corrected chi connectivity index (χ2v) is 6.39. The lowest BCUT2D eigenvalue weighted by Gasteiger charge is -2.00. The molecular weight excluding hydrogens is 336 g/mol. The van der Waals surface area contributed by atoms with Gasteiger partial charge in [-0.1, -0.05) is 23.5 Å². The predicted molar refractivity (Wildman–Crippen MR) is 95.1 cm³/mol. The number of furan rings is 1. The number of nitriles is 1. The van der Waals surface area contributed by atoms with Gasteiger partial charge in [-0.15, -0.1) is 0 Å². The fraction of sp³-hybridized carbons (Fsp3) is 0.0556. The number of anilines is 1. The molecule has 0 unspecified atom stereocenters. The van der Waals surface area contributed by atoms with Crippen LogP contribution in [0.25, 0.3) is 16.1 Å². The van der Waals surface area contributed by atoms with Gasteiger partial charge in [0.1, 0.15) is 23.0 Å². The van der Waals surface area contributed by atoms with Crippen LogP contribution in [0.4, 0.5) is 5.13 Å². The molecule has 4 rings (SSSR count). The summed E-state index contributed by atoms with van der Waals surface area (Å²) in [4.78, 5) is 17.1. The number of benzene rings is 1. The van der Waals surface area contributed by atoms with Crippen molar-refractivity contribution in [2.24, 2.45) is 0 Å². The number of thiazole rings is 1. The lowest BCUT2D eigenvalue weighted by molar-refractivity contribution is 0.102. The van der Waals surface area contributed by atoms with E-state index in [1.165, 1.54) is 11.3 Å². The van der Waals surface area contributed by atoms with Gasteiger partial charge in [-0.3, -0.25) is 14.7 Å². The highest BCUT2D eigenvalue weighted by atomic mass is 32.1. The van der Waals surface area contributed by atoms with Crippen LogP contribution in [-0.2, 0) is 0 Å². The van der Waals surface area contributed by atoms with Crippen LogP contribution in [0.1, 0.15) is 21.7 Å². The zero-order chi connectivity index (χ0) is 17.4. The van der Waals surface area contributed by atoms with Gasteiger partial charge in [0.25, 0.3) is 5.91 Å². The van der Waals surface area contributed by atoms with E-state index in [2.05, 4.69) is 16.4 Å². The van der Waals surface area contributed by atoms with Gasteiger partial charge in [-0.2, -0.15) is 5.26 Å². The van der Waals surface area contributed by atoms with E-state index in [0.29, 0.717) is 16.8 Å². The number of para-hydroxylation sites is 1. The number of aryl methyl sites for hydroxylation is 1. The lowest BCUT2D eigenvalue weighted by atomic mass is 10.1. The highest BCUT2D eigenvalue weighted by Gasteiger charge is 2.25. The van der Waals surface area contributed by atoms with E-state index in [-0.39, 0.29) is 11.1 Å². The predicted octanol–water partition coefficient (Wildman–Crippen LogP) is 4.11. The van der Waals surface area contributed by atoms with Gasteiger partial charge < -0.3 is 4.42 Å². The zero-order valence-corrected chi connectivity index (χ0v) is 14.0. The quantitative estimate of drug-likeness (QED) is 0.604. The molecule has 0 bridgehead atoms. The fourth-order valence-electron chi connectivity index (χ4n) is 2.64. The first kappa shape index (κ1) is 15.2. The van der Waals surface area contributed by atoms with Crippen molar-refractivity contribution in [3.8, 4) is 12.0 Å². The van der Waals surface area contributed by atoms with E-state index in [4.69, 9.17) is 4.42 Å². The number of hydrogen-bond acceptors (Lipinski definition) is 5. The molecule has 0 aliphatic carbocycles. The van der Waals surface area contributed by atoms with Crippen molar-refractivity contribution in [2.45, 2.75) is 6.92 Å². The number of fused-ring (bicyclic) bond motifs is 1. The minimum atomic E-state index is -0.407. The molecular formula is C18H12N4O2S. The molecule has 122 valence electrons. The number of nitrogens with one attached hydrogen (secondary N) is 1. The highest BCUT2D eigenvalue weighted by Crippen LogP contribution is 2.29. The van der Waals surface area contributed by atoms with Gasteiger partial charge in [-0.05, 0) is 31.2 Å². The highest BCUT2D eigenvalue weighted by molar-refractivity contribution is 7.22. The second-order valence-electron chi connectivity index (χ2n) is 5.36. The van der Waals surface area contributed by atoms with Crippen molar-refractivity contribution in [1.82, 2.24) is 9.55 Å². The molecule has 0 spiro atoms. The summed E-state index contributed by atoms with van der Waals surface area (Å²) in [5, 5.41) is 12.8. The van der Waals surface area contributed by atoms with Crippen LogP contribution in [0.2, 0.25) is 0 Å². The molecule has 3 heterocycles. The van der Waals surface area contributed by atoms with Gasteiger partial charge in [0.05, 0.1) is 10.2 Å². The zero-order valence-electron chi connectivity index (χ0n) is 13.2. The second kappa shape index (κ2) is 5.92. The van der Waals surface area contributed by atoms with E-state index < -0.39 is 5.91 Å². The maximum Gasteiger partial charge on any atom is 0.262 e. The molecule has 0 aliphatic heterocycles. The maximum atomic E-state index is 12.7. The largest absolute Gasteiger partial charge is 0.443 e. The molecule has 1 amide bonds. The normalized spacial score (nSPS) is 10.7. The number of hydrogen-bond donors (Lipinski definition) is 1. The van der Waals surface area contributed by atoms with Gasteiger partial charge in [0.15, 0.2) is 5.13 Å². The number of carbonyl (C=O) groups excluding carboxylic acids is 1. The van der Waals surface area contributed by atoms with Crippen LogP contribution in [0.3, 0.4) is 0 Å². The fourth-order valence-corrected chi connectivity index (χ4v) is 3.51. The third kappa shape index (κ3) is 2.58. The number of carbonyl (C=O) groups is 1. The van der Waals surface area contributed by atoms with Crippen molar-refractivity contribution >= 4 is 32.6 Å². The molecule has 1 aromatic carbocycles. The van der Waals surface area contributed by atoms with Crippen LogP contribution in [0, 0.1) is 18.3 Å². The standard InChI is InChI=1S/C18H12N4O2S/c1-11-15(12(10-19)17(24-11)22-8-4-5-9-22)16(23)21-18-20-13-6-2-3-7-14(13)25-18/h2-9H,1H3,(H,20,21,23). The average Bonchev–Trinajstić information content (AvgIpc) is 3.31. The molecule has 0 aliphatic rings. The Morgan fingerprint density at radius 2 is 2.04 bits per heavy atom. The van der Waals surface area contributed by atoms with Crippen molar-refractivity contribution < 1.29 is 9.21 Å². The van der Waals surface area contributed by atoms with Gasteiger partial charge >= 0.3 is 0 Å². The van der Waals surface area contributed by atoms with Crippen LogP contribution >= 0.6 is 11.3 Å². The summed E-state index contributed by atoms with van der Waals surface area (Å²) in [6.45, 7) is 1.67. The number of rotatable bonds is 3. The van der Waals surface area contributed by atoms with Gasteiger partial charge in [0.2, 0.25) is 5.88 Å². The number of nitrogens with zero attached hydrogens (tertiary/aromatic N) is 3. The Kier molecular flexibility index (Phi) is 3.60. The first-order valence-electron chi connectivity index (χ1n) is 7.51. The third-order valence-corrected chi connectivity index (χ3v) is 4.71. The molecule has 3 aromatic heterocycles. The summed E-state index contributed by atoms with van der Waals surface area (Å²) in [6, 6.07) is 13.4. The molecule has 6 nitrogen and oxygen atoms in total. The Bertz CT molecular complexity index is 1080. The van der Waals surface area contributed by atoms with Crippen LogP contribution in [0.5, 0.6) is 0 Å². The van der Waals surface area contributed by atoms with Crippen LogP contribution in [0.15, 0.2) is 53.2 Å². The number of aromatic nitrogens is 2. The molecule has 25 heavy (non-hydrogen) atoms. The van der Waals surface area contributed by atoms with E-state index in [1.807, 2.05) is 36.4 Å². The summed E-state index contributed by atoms with van der Waals surface area (Å²) >= 11 is 1.38. The summed E-state index contributed by atoms with van der Waals surface area (Å²) < 4.78 is 8.31. The minimum Gasteiger partial charge on any atom is -0.443 e. The van der Waals surface area contributed by atoms with E-state index >= 15 is 0 Å². The van der Waals surface area contributed by atoms with Crippen molar-refractivity contribution in [1.29, 1.82) is 5.26 Å². The Labute approximate surface area is 146 Å². The summed E-state index contributed by atoms with van der Waals surface area (Å²) in [7, 11) is 0. The molecule has 0 atom stereocenters. The summed E-state index contributed by atoms with van der Waals surface area (Å²) in [5.41, 5.74) is 1.25. The first-order valence-corrected chi connectivity index (χ1v) is 8.33. The Morgan fingerprint density at radius 1 is 1.28 bits per heavy atom. The molecule has 0 saturated heterocycles. The van der Waals surface area contributed by atoms with E-state index in [0.717, 1.165) is 10.2 Å². The molecule has 7 heteroatoms.